The van der Waals surface area contributed by atoms with Crippen molar-refractivity contribution in [3.05, 3.63) is 0 Å². The third-order valence-corrected chi connectivity index (χ3v) is 7.47. The van der Waals surface area contributed by atoms with Crippen LogP contribution in [0.3, 0.4) is 0 Å². The Morgan fingerprint density at radius 1 is 0.594 bits per heavy atom. The van der Waals surface area contributed by atoms with Gasteiger partial charge in [-0.1, -0.05) is 55.4 Å². The highest BCUT2D eigenvalue weighted by Gasteiger charge is 2.37. The van der Waals surface area contributed by atoms with Gasteiger partial charge >= 0.3 is 11.9 Å². The average Bonchev–Trinajstić information content (AvgIpc) is 2.75. The second-order valence-electron chi connectivity index (χ2n) is 11.4. The Labute approximate surface area is 196 Å². The SMILES string of the molecule is CC(C)C1CC(C(=O)OCCOC(=O)C2CC(C(C)C)NC(C(C)C)C2)CC(C(C)C)N1. The molecule has 2 saturated heterocycles. The molecule has 0 amide bonds. The van der Waals surface area contributed by atoms with Crippen LogP contribution in [0, 0.1) is 35.5 Å². The number of piperidine rings is 2. The third-order valence-electron chi connectivity index (χ3n) is 7.47. The first-order chi connectivity index (χ1) is 15.0. The summed E-state index contributed by atoms with van der Waals surface area (Å²) in [5, 5.41) is 7.39. The molecule has 4 unspecified atom stereocenters. The van der Waals surface area contributed by atoms with E-state index < -0.39 is 0 Å². The molecule has 2 rings (SSSR count). The van der Waals surface area contributed by atoms with Gasteiger partial charge in [-0.3, -0.25) is 9.59 Å². The molecule has 0 saturated carbocycles. The van der Waals surface area contributed by atoms with E-state index in [0.717, 1.165) is 25.7 Å². The molecular weight excluding hydrogens is 404 g/mol. The average molecular weight is 453 g/mol. The molecule has 2 fully saturated rings. The van der Waals surface area contributed by atoms with Gasteiger partial charge < -0.3 is 20.1 Å². The predicted octanol–water partition coefficient (Wildman–Crippen LogP) is 4.17. The molecule has 0 aromatic carbocycles. The molecule has 6 heteroatoms. The molecule has 186 valence electrons. The van der Waals surface area contributed by atoms with Crippen LogP contribution in [-0.2, 0) is 19.1 Å². The Morgan fingerprint density at radius 3 is 1.06 bits per heavy atom. The van der Waals surface area contributed by atoms with Crippen molar-refractivity contribution < 1.29 is 19.1 Å². The lowest BCUT2D eigenvalue weighted by Crippen LogP contribution is -2.52. The fraction of sp³-hybridized carbons (Fsp3) is 0.923. The maximum atomic E-state index is 12.7. The number of esters is 2. The van der Waals surface area contributed by atoms with Gasteiger partial charge in [0, 0.05) is 24.2 Å². The topological polar surface area (TPSA) is 76.7 Å². The minimum Gasteiger partial charge on any atom is -0.462 e. The highest BCUT2D eigenvalue weighted by atomic mass is 16.6. The normalized spacial score (nSPS) is 31.4. The van der Waals surface area contributed by atoms with Gasteiger partial charge in [-0.2, -0.15) is 0 Å². The summed E-state index contributed by atoms with van der Waals surface area (Å²) >= 11 is 0. The summed E-state index contributed by atoms with van der Waals surface area (Å²) in [7, 11) is 0. The van der Waals surface area contributed by atoms with Crippen LogP contribution in [0.15, 0.2) is 0 Å². The summed E-state index contributed by atoms with van der Waals surface area (Å²) < 4.78 is 11.1. The molecule has 2 heterocycles. The number of hydrogen-bond donors (Lipinski definition) is 2. The minimum absolute atomic E-state index is 0.0882. The summed E-state index contributed by atoms with van der Waals surface area (Å²) in [6.07, 6.45) is 3.23. The van der Waals surface area contributed by atoms with E-state index in [-0.39, 0.29) is 37.0 Å². The van der Waals surface area contributed by atoms with Crippen molar-refractivity contribution in [1.29, 1.82) is 0 Å². The van der Waals surface area contributed by atoms with Gasteiger partial charge in [0.2, 0.25) is 0 Å². The molecule has 6 nitrogen and oxygen atoms in total. The van der Waals surface area contributed by atoms with Gasteiger partial charge in [0.25, 0.3) is 0 Å². The van der Waals surface area contributed by atoms with Gasteiger partial charge in [-0.25, -0.2) is 0 Å². The molecule has 4 atom stereocenters. The maximum Gasteiger partial charge on any atom is 0.309 e. The lowest BCUT2D eigenvalue weighted by atomic mass is 9.80. The van der Waals surface area contributed by atoms with Crippen molar-refractivity contribution in [3.63, 3.8) is 0 Å². The van der Waals surface area contributed by atoms with Crippen molar-refractivity contribution in [3.8, 4) is 0 Å². The van der Waals surface area contributed by atoms with Crippen LogP contribution in [-0.4, -0.2) is 49.3 Å². The van der Waals surface area contributed by atoms with Crippen LogP contribution in [0.2, 0.25) is 0 Å². The first-order valence-corrected chi connectivity index (χ1v) is 12.8. The van der Waals surface area contributed by atoms with Gasteiger partial charge in [-0.05, 0) is 49.4 Å². The van der Waals surface area contributed by atoms with E-state index >= 15 is 0 Å². The zero-order valence-electron chi connectivity index (χ0n) is 21.6. The van der Waals surface area contributed by atoms with Crippen molar-refractivity contribution >= 4 is 11.9 Å². The van der Waals surface area contributed by atoms with E-state index in [1.54, 1.807) is 0 Å². The van der Waals surface area contributed by atoms with Crippen molar-refractivity contribution in [2.45, 2.75) is 105 Å². The molecule has 0 bridgehead atoms. The quantitative estimate of drug-likeness (QED) is 0.404. The predicted molar refractivity (Wildman–Crippen MR) is 128 cm³/mol. The molecular formula is C26H48N2O4. The summed E-state index contributed by atoms with van der Waals surface area (Å²) in [6.45, 7) is 17.8. The minimum atomic E-state index is -0.152. The van der Waals surface area contributed by atoms with E-state index in [2.05, 4.69) is 66.0 Å². The number of ether oxygens (including phenoxy) is 2. The number of carbonyl (C=O) groups is 2. The molecule has 2 N–H and O–H groups in total. The molecule has 2 aliphatic rings. The van der Waals surface area contributed by atoms with E-state index in [4.69, 9.17) is 9.47 Å². The number of carbonyl (C=O) groups excluding carboxylic acids is 2. The van der Waals surface area contributed by atoms with Crippen molar-refractivity contribution in [2.75, 3.05) is 13.2 Å². The van der Waals surface area contributed by atoms with Crippen LogP contribution in [0.4, 0.5) is 0 Å². The van der Waals surface area contributed by atoms with Gasteiger partial charge in [-0.15, -0.1) is 0 Å². The first kappa shape index (κ1) is 27.1. The second-order valence-corrected chi connectivity index (χ2v) is 11.4. The lowest BCUT2D eigenvalue weighted by Gasteiger charge is -2.39. The number of nitrogens with one attached hydrogen (secondary N) is 2. The van der Waals surface area contributed by atoms with E-state index in [0.29, 0.717) is 47.8 Å². The summed E-state index contributed by atoms with van der Waals surface area (Å²) in [4.78, 5) is 25.4. The van der Waals surface area contributed by atoms with Crippen molar-refractivity contribution in [2.24, 2.45) is 35.5 Å². The lowest BCUT2D eigenvalue weighted by molar-refractivity contribution is -0.159. The zero-order chi connectivity index (χ0) is 24.0. The van der Waals surface area contributed by atoms with Gasteiger partial charge in [0.15, 0.2) is 0 Å². The van der Waals surface area contributed by atoms with E-state index in [1.807, 2.05) is 0 Å². The molecule has 0 aromatic heterocycles. The van der Waals surface area contributed by atoms with Crippen LogP contribution in [0.5, 0.6) is 0 Å². The third kappa shape index (κ3) is 7.72. The highest BCUT2D eigenvalue weighted by molar-refractivity contribution is 5.73. The smallest absolute Gasteiger partial charge is 0.309 e. The van der Waals surface area contributed by atoms with E-state index in [1.165, 1.54) is 0 Å². The van der Waals surface area contributed by atoms with Gasteiger partial charge in [0.1, 0.15) is 13.2 Å². The van der Waals surface area contributed by atoms with E-state index in [9.17, 15) is 9.59 Å². The summed E-state index contributed by atoms with van der Waals surface area (Å²) in [5.74, 6) is 1.42. The monoisotopic (exact) mass is 452 g/mol. The molecule has 0 spiro atoms. The Balaban J connectivity index is 1.80. The Morgan fingerprint density at radius 2 is 0.844 bits per heavy atom. The first-order valence-electron chi connectivity index (χ1n) is 12.8. The van der Waals surface area contributed by atoms with Crippen LogP contribution >= 0.6 is 0 Å². The van der Waals surface area contributed by atoms with Crippen LogP contribution < -0.4 is 10.6 Å². The van der Waals surface area contributed by atoms with Crippen molar-refractivity contribution in [1.82, 2.24) is 10.6 Å². The molecule has 2 aliphatic heterocycles. The fourth-order valence-electron chi connectivity index (χ4n) is 5.00. The Bertz CT molecular complexity index is 521. The Kier molecular flexibility index (Phi) is 10.5. The summed E-state index contributed by atoms with van der Waals surface area (Å²) in [5.41, 5.74) is 0. The van der Waals surface area contributed by atoms with Crippen LogP contribution in [0.25, 0.3) is 0 Å². The second kappa shape index (κ2) is 12.4. The van der Waals surface area contributed by atoms with Crippen LogP contribution in [0.1, 0.15) is 81.1 Å². The molecule has 0 radical (unpaired) electrons. The maximum absolute atomic E-state index is 12.7. The highest BCUT2D eigenvalue weighted by Crippen LogP contribution is 2.29. The fourth-order valence-corrected chi connectivity index (χ4v) is 5.00. The standard InChI is InChI=1S/C26H48N2O4/c1-15(2)21-11-19(12-22(27-21)16(3)4)25(29)31-9-10-32-26(30)20-13-23(17(5)6)28-24(14-20)18(7)8/h15-24,27-28H,9-14H2,1-8H3. The Hall–Kier alpha value is -1.14. The summed E-state index contributed by atoms with van der Waals surface area (Å²) in [6, 6.07) is 1.31. The molecule has 32 heavy (non-hydrogen) atoms. The largest absolute Gasteiger partial charge is 0.462 e. The molecule has 0 aliphatic carbocycles. The zero-order valence-corrected chi connectivity index (χ0v) is 21.6. The number of rotatable bonds is 9. The molecule has 0 aromatic rings. The number of hydrogen-bond acceptors (Lipinski definition) is 6. The van der Waals surface area contributed by atoms with Gasteiger partial charge in [0.05, 0.1) is 11.8 Å².